The first-order chi connectivity index (χ1) is 9.97. The molecule has 2 rings (SSSR count). The number of benzene rings is 1. The second-order valence-corrected chi connectivity index (χ2v) is 6.88. The van der Waals surface area contributed by atoms with E-state index in [1.54, 1.807) is 13.0 Å². The molecule has 0 aliphatic heterocycles. The van der Waals surface area contributed by atoms with Crippen LogP contribution in [0.2, 0.25) is 0 Å². The number of nitro groups is 1. The number of nitrogens with zero attached hydrogens (tertiary/aromatic N) is 1. The number of hydrogen-bond acceptors (Lipinski definition) is 3. The highest BCUT2D eigenvalue weighted by Crippen LogP contribution is 2.28. The minimum atomic E-state index is -0.435. The van der Waals surface area contributed by atoms with Crippen LogP contribution in [0.1, 0.15) is 41.6 Å². The standard InChI is InChI=1S/C15H19BrN2O3/c1-10-8-12(4-7-14(10)18(20)21)15(19)17-9-11-2-5-13(16)6-3-11/h4,7-8,11,13H,2-3,5-6,9H2,1H3,(H,17,19). The van der Waals surface area contributed by atoms with Crippen molar-refractivity contribution in [3.05, 3.63) is 39.4 Å². The van der Waals surface area contributed by atoms with Crippen molar-refractivity contribution in [2.24, 2.45) is 5.92 Å². The Balaban J connectivity index is 1.91. The van der Waals surface area contributed by atoms with Crippen molar-refractivity contribution < 1.29 is 9.72 Å². The Morgan fingerprint density at radius 3 is 2.62 bits per heavy atom. The number of halogens is 1. The van der Waals surface area contributed by atoms with Gasteiger partial charge in [-0.1, -0.05) is 15.9 Å². The second-order valence-electron chi connectivity index (χ2n) is 5.59. The zero-order valence-electron chi connectivity index (χ0n) is 12.0. The topological polar surface area (TPSA) is 72.2 Å². The number of hydrogen-bond donors (Lipinski definition) is 1. The molecule has 0 spiro atoms. The predicted octanol–water partition coefficient (Wildman–Crippen LogP) is 3.59. The molecular formula is C15H19BrN2O3. The van der Waals surface area contributed by atoms with E-state index in [1.165, 1.54) is 12.1 Å². The number of nitro benzene ring substituents is 1. The summed E-state index contributed by atoms with van der Waals surface area (Å²) >= 11 is 3.62. The molecule has 1 aliphatic rings. The van der Waals surface area contributed by atoms with Gasteiger partial charge in [0.15, 0.2) is 0 Å². The minimum Gasteiger partial charge on any atom is -0.352 e. The third-order valence-electron chi connectivity index (χ3n) is 3.98. The molecule has 6 heteroatoms. The molecule has 21 heavy (non-hydrogen) atoms. The number of alkyl halides is 1. The highest BCUT2D eigenvalue weighted by Gasteiger charge is 2.20. The van der Waals surface area contributed by atoms with Crippen molar-refractivity contribution in [3.8, 4) is 0 Å². The van der Waals surface area contributed by atoms with E-state index in [4.69, 9.17) is 0 Å². The summed E-state index contributed by atoms with van der Waals surface area (Å²) < 4.78 is 0. The quantitative estimate of drug-likeness (QED) is 0.510. The lowest BCUT2D eigenvalue weighted by molar-refractivity contribution is -0.385. The molecule has 0 aromatic heterocycles. The van der Waals surface area contributed by atoms with Gasteiger partial charge in [-0.25, -0.2) is 0 Å². The summed E-state index contributed by atoms with van der Waals surface area (Å²) in [7, 11) is 0. The fraction of sp³-hybridized carbons (Fsp3) is 0.533. The molecule has 1 aromatic carbocycles. The number of amides is 1. The maximum atomic E-state index is 12.1. The van der Waals surface area contributed by atoms with Gasteiger partial charge in [-0.2, -0.15) is 0 Å². The predicted molar refractivity (Wildman–Crippen MR) is 84.8 cm³/mol. The maximum absolute atomic E-state index is 12.1. The Morgan fingerprint density at radius 2 is 2.05 bits per heavy atom. The maximum Gasteiger partial charge on any atom is 0.272 e. The summed E-state index contributed by atoms with van der Waals surface area (Å²) in [4.78, 5) is 23.0. The van der Waals surface area contributed by atoms with Crippen LogP contribution in [0.3, 0.4) is 0 Å². The van der Waals surface area contributed by atoms with Gasteiger partial charge in [0.1, 0.15) is 0 Å². The molecule has 0 bridgehead atoms. The average Bonchev–Trinajstić information content (AvgIpc) is 2.45. The van der Waals surface area contributed by atoms with Gasteiger partial charge in [0.2, 0.25) is 0 Å². The average molecular weight is 355 g/mol. The molecule has 1 saturated carbocycles. The molecule has 1 N–H and O–H groups in total. The summed E-state index contributed by atoms with van der Waals surface area (Å²) in [6.07, 6.45) is 4.54. The monoisotopic (exact) mass is 354 g/mol. The van der Waals surface area contributed by atoms with Crippen LogP contribution in [0.5, 0.6) is 0 Å². The zero-order valence-corrected chi connectivity index (χ0v) is 13.6. The lowest BCUT2D eigenvalue weighted by Gasteiger charge is -2.25. The molecule has 1 aliphatic carbocycles. The second kappa shape index (κ2) is 7.02. The summed E-state index contributed by atoms with van der Waals surface area (Å²) in [6.45, 7) is 2.32. The summed E-state index contributed by atoms with van der Waals surface area (Å²) in [6, 6.07) is 4.47. The first kappa shape index (κ1) is 15.9. The fourth-order valence-electron chi connectivity index (χ4n) is 2.67. The summed E-state index contributed by atoms with van der Waals surface area (Å²) in [5, 5.41) is 13.7. The number of nitrogens with one attached hydrogen (secondary N) is 1. The van der Waals surface area contributed by atoms with Gasteiger partial charge >= 0.3 is 0 Å². The van der Waals surface area contributed by atoms with Crippen molar-refractivity contribution >= 4 is 27.5 Å². The third-order valence-corrected chi connectivity index (χ3v) is 4.90. The molecule has 1 aromatic rings. The lowest BCUT2D eigenvalue weighted by Crippen LogP contribution is -2.31. The smallest absolute Gasteiger partial charge is 0.272 e. The molecule has 1 fully saturated rings. The Kier molecular flexibility index (Phi) is 5.33. The molecule has 114 valence electrons. The van der Waals surface area contributed by atoms with Crippen LogP contribution in [0, 0.1) is 23.0 Å². The Bertz CT molecular complexity index is 540. The van der Waals surface area contributed by atoms with Gasteiger partial charge in [-0.05, 0) is 50.7 Å². The van der Waals surface area contributed by atoms with Gasteiger partial charge in [0, 0.05) is 28.6 Å². The van der Waals surface area contributed by atoms with E-state index < -0.39 is 4.92 Å². The van der Waals surface area contributed by atoms with E-state index in [2.05, 4.69) is 21.2 Å². The molecule has 0 heterocycles. The van der Waals surface area contributed by atoms with E-state index in [1.807, 2.05) is 0 Å². The Hall–Kier alpha value is -1.43. The van der Waals surface area contributed by atoms with E-state index >= 15 is 0 Å². The van der Waals surface area contributed by atoms with Crippen molar-refractivity contribution in [1.29, 1.82) is 0 Å². The first-order valence-electron chi connectivity index (χ1n) is 7.14. The van der Waals surface area contributed by atoms with Crippen molar-refractivity contribution in [1.82, 2.24) is 5.32 Å². The number of aryl methyl sites for hydroxylation is 1. The van der Waals surface area contributed by atoms with Crippen LogP contribution in [0.15, 0.2) is 18.2 Å². The highest BCUT2D eigenvalue weighted by atomic mass is 79.9. The highest BCUT2D eigenvalue weighted by molar-refractivity contribution is 9.09. The summed E-state index contributed by atoms with van der Waals surface area (Å²) in [5.74, 6) is 0.371. The van der Waals surface area contributed by atoms with Crippen LogP contribution >= 0.6 is 15.9 Å². The molecule has 0 unspecified atom stereocenters. The molecule has 0 radical (unpaired) electrons. The summed E-state index contributed by atoms with van der Waals surface area (Å²) in [5.41, 5.74) is 1.03. The minimum absolute atomic E-state index is 0.0437. The molecule has 0 saturated heterocycles. The van der Waals surface area contributed by atoms with E-state index in [-0.39, 0.29) is 11.6 Å². The molecule has 1 amide bonds. The van der Waals surface area contributed by atoms with Crippen LogP contribution in [0.4, 0.5) is 5.69 Å². The van der Waals surface area contributed by atoms with Gasteiger partial charge in [-0.15, -0.1) is 0 Å². The number of rotatable bonds is 4. The van der Waals surface area contributed by atoms with Gasteiger partial charge < -0.3 is 5.32 Å². The largest absolute Gasteiger partial charge is 0.352 e. The Morgan fingerprint density at radius 1 is 1.38 bits per heavy atom. The first-order valence-corrected chi connectivity index (χ1v) is 8.06. The van der Waals surface area contributed by atoms with Gasteiger partial charge in [0.25, 0.3) is 11.6 Å². The Labute approximate surface area is 132 Å². The van der Waals surface area contributed by atoms with Crippen LogP contribution in [-0.2, 0) is 0 Å². The normalized spacial score (nSPS) is 21.8. The van der Waals surface area contributed by atoms with E-state index in [0.717, 1.165) is 25.7 Å². The number of carbonyl (C=O) groups excluding carboxylic acids is 1. The SMILES string of the molecule is Cc1cc(C(=O)NCC2CCC(Br)CC2)ccc1[N+](=O)[O-]. The molecular weight excluding hydrogens is 336 g/mol. The zero-order chi connectivity index (χ0) is 15.4. The van der Waals surface area contributed by atoms with Crippen LogP contribution in [0.25, 0.3) is 0 Å². The third kappa shape index (κ3) is 4.27. The lowest BCUT2D eigenvalue weighted by atomic mass is 9.89. The molecule has 5 nitrogen and oxygen atoms in total. The van der Waals surface area contributed by atoms with Gasteiger partial charge in [0.05, 0.1) is 4.92 Å². The van der Waals surface area contributed by atoms with Crippen LogP contribution < -0.4 is 5.32 Å². The van der Waals surface area contributed by atoms with Crippen molar-refractivity contribution in [3.63, 3.8) is 0 Å². The van der Waals surface area contributed by atoms with Crippen molar-refractivity contribution in [2.45, 2.75) is 37.4 Å². The molecule has 0 atom stereocenters. The van der Waals surface area contributed by atoms with E-state index in [9.17, 15) is 14.9 Å². The van der Waals surface area contributed by atoms with E-state index in [0.29, 0.717) is 28.4 Å². The fourth-order valence-corrected chi connectivity index (χ4v) is 3.20. The van der Waals surface area contributed by atoms with Crippen molar-refractivity contribution in [2.75, 3.05) is 6.54 Å². The number of carbonyl (C=O) groups is 1. The van der Waals surface area contributed by atoms with Gasteiger partial charge in [-0.3, -0.25) is 14.9 Å². The van der Waals surface area contributed by atoms with Crippen LogP contribution in [-0.4, -0.2) is 22.2 Å².